The van der Waals surface area contributed by atoms with E-state index in [0.717, 1.165) is 45.7 Å². The van der Waals surface area contributed by atoms with Crippen LogP contribution in [0.3, 0.4) is 0 Å². The fourth-order valence-electron chi connectivity index (χ4n) is 3.73. The van der Waals surface area contributed by atoms with Crippen molar-refractivity contribution < 1.29 is 4.74 Å². The van der Waals surface area contributed by atoms with Crippen LogP contribution in [0.5, 0.6) is 5.75 Å². The number of hydrogen-bond acceptors (Lipinski definition) is 5. The highest BCUT2D eigenvalue weighted by molar-refractivity contribution is 5.96. The SMILES string of the molecule is CCc1cccc2c(N[C@H](c3cccc(OC)c3)c3nccn3C)c(C#N)cnc12. The van der Waals surface area contributed by atoms with Gasteiger partial charge in [-0.05, 0) is 29.7 Å². The summed E-state index contributed by atoms with van der Waals surface area (Å²) in [6.07, 6.45) is 6.20. The smallest absolute Gasteiger partial charge is 0.135 e. The molecule has 0 unspecified atom stereocenters. The molecule has 0 saturated carbocycles. The van der Waals surface area contributed by atoms with Gasteiger partial charge in [-0.3, -0.25) is 4.98 Å². The first kappa shape index (κ1) is 19.5. The molecule has 2 aromatic carbocycles. The van der Waals surface area contributed by atoms with Gasteiger partial charge in [-0.2, -0.15) is 5.26 Å². The lowest BCUT2D eigenvalue weighted by molar-refractivity contribution is 0.414. The quantitative estimate of drug-likeness (QED) is 0.514. The van der Waals surface area contributed by atoms with Crippen LogP contribution >= 0.6 is 0 Å². The van der Waals surface area contributed by atoms with E-state index in [4.69, 9.17) is 4.74 Å². The van der Waals surface area contributed by atoms with Gasteiger partial charge < -0.3 is 14.6 Å². The predicted octanol–water partition coefficient (Wildman–Crippen LogP) is 4.61. The van der Waals surface area contributed by atoms with E-state index in [9.17, 15) is 5.26 Å². The molecule has 0 aliphatic heterocycles. The number of anilines is 1. The molecule has 0 bridgehead atoms. The Morgan fingerprint density at radius 1 is 1.20 bits per heavy atom. The number of aromatic nitrogens is 3. The lowest BCUT2D eigenvalue weighted by Gasteiger charge is -2.22. The Morgan fingerprint density at radius 3 is 2.73 bits per heavy atom. The Morgan fingerprint density at radius 2 is 2.03 bits per heavy atom. The number of para-hydroxylation sites is 1. The summed E-state index contributed by atoms with van der Waals surface area (Å²) in [6.45, 7) is 2.11. The highest BCUT2D eigenvalue weighted by atomic mass is 16.5. The summed E-state index contributed by atoms with van der Waals surface area (Å²) < 4.78 is 7.41. The number of nitrogens with zero attached hydrogens (tertiary/aromatic N) is 4. The topological polar surface area (TPSA) is 75.8 Å². The van der Waals surface area contributed by atoms with E-state index in [-0.39, 0.29) is 6.04 Å². The largest absolute Gasteiger partial charge is 0.497 e. The lowest BCUT2D eigenvalue weighted by Crippen LogP contribution is -2.18. The second kappa shape index (κ2) is 8.26. The van der Waals surface area contributed by atoms with E-state index in [1.54, 1.807) is 19.5 Å². The second-order valence-electron chi connectivity index (χ2n) is 7.08. The highest BCUT2D eigenvalue weighted by Crippen LogP contribution is 2.34. The Balaban J connectivity index is 1.91. The van der Waals surface area contributed by atoms with E-state index in [1.807, 2.05) is 54.2 Å². The Labute approximate surface area is 175 Å². The number of ether oxygens (including phenoxy) is 1. The van der Waals surface area contributed by atoms with Gasteiger partial charge in [-0.15, -0.1) is 0 Å². The first-order valence-corrected chi connectivity index (χ1v) is 9.84. The van der Waals surface area contributed by atoms with Crippen LogP contribution in [0.1, 0.15) is 35.5 Å². The van der Waals surface area contributed by atoms with Gasteiger partial charge in [-0.1, -0.05) is 37.3 Å². The average molecular weight is 397 g/mol. The number of nitriles is 1. The number of rotatable bonds is 6. The maximum absolute atomic E-state index is 9.78. The number of benzene rings is 2. The maximum atomic E-state index is 9.78. The average Bonchev–Trinajstić information content (AvgIpc) is 3.22. The third-order valence-corrected chi connectivity index (χ3v) is 5.31. The molecule has 30 heavy (non-hydrogen) atoms. The van der Waals surface area contributed by atoms with Gasteiger partial charge in [0.2, 0.25) is 0 Å². The molecule has 0 radical (unpaired) electrons. The summed E-state index contributed by atoms with van der Waals surface area (Å²) >= 11 is 0. The molecular weight excluding hydrogens is 374 g/mol. The molecule has 0 saturated heterocycles. The van der Waals surface area contributed by atoms with Gasteiger partial charge in [0.05, 0.1) is 23.9 Å². The fourth-order valence-corrected chi connectivity index (χ4v) is 3.73. The molecule has 0 aliphatic carbocycles. The van der Waals surface area contributed by atoms with E-state index < -0.39 is 0 Å². The zero-order chi connectivity index (χ0) is 21.1. The molecule has 1 N–H and O–H groups in total. The van der Waals surface area contributed by atoms with Crippen LogP contribution in [0.4, 0.5) is 5.69 Å². The van der Waals surface area contributed by atoms with Gasteiger partial charge in [0.25, 0.3) is 0 Å². The summed E-state index contributed by atoms with van der Waals surface area (Å²) in [4.78, 5) is 9.14. The van der Waals surface area contributed by atoms with Gasteiger partial charge in [0.1, 0.15) is 23.7 Å². The lowest BCUT2D eigenvalue weighted by atomic mass is 10.0. The van der Waals surface area contributed by atoms with E-state index in [0.29, 0.717) is 5.56 Å². The van der Waals surface area contributed by atoms with Crippen molar-refractivity contribution in [3.8, 4) is 11.8 Å². The molecular formula is C24H23N5O. The van der Waals surface area contributed by atoms with Crippen LogP contribution in [0.2, 0.25) is 0 Å². The van der Waals surface area contributed by atoms with Crippen LogP contribution < -0.4 is 10.1 Å². The van der Waals surface area contributed by atoms with Gasteiger partial charge in [-0.25, -0.2) is 4.98 Å². The van der Waals surface area contributed by atoms with Crippen molar-refractivity contribution in [3.63, 3.8) is 0 Å². The zero-order valence-electron chi connectivity index (χ0n) is 17.3. The standard InChI is InChI=1S/C24H23N5O/c1-4-16-7-6-10-20-21(16)27-15-18(14-25)22(20)28-23(24-26-11-12-29(24)2)17-8-5-9-19(13-17)30-3/h5-13,15,23H,4H2,1-3H3,(H,27,28)/t23-/m1/s1. The van der Waals surface area contributed by atoms with Gasteiger partial charge in [0, 0.05) is 31.0 Å². The zero-order valence-corrected chi connectivity index (χ0v) is 17.3. The normalized spacial score (nSPS) is 11.8. The van der Waals surface area contributed by atoms with Crippen molar-refractivity contribution in [2.75, 3.05) is 12.4 Å². The molecule has 4 aromatic rings. The number of nitrogens with one attached hydrogen (secondary N) is 1. The Hall–Kier alpha value is -3.85. The van der Waals surface area contributed by atoms with Crippen molar-refractivity contribution in [2.45, 2.75) is 19.4 Å². The number of hydrogen-bond donors (Lipinski definition) is 1. The number of methoxy groups -OCH3 is 1. The summed E-state index contributed by atoms with van der Waals surface area (Å²) in [7, 11) is 3.61. The van der Waals surface area contributed by atoms with Gasteiger partial charge >= 0.3 is 0 Å². The first-order chi connectivity index (χ1) is 14.7. The predicted molar refractivity (Wildman–Crippen MR) is 118 cm³/mol. The molecule has 4 rings (SSSR count). The van der Waals surface area contributed by atoms with Crippen molar-refractivity contribution in [2.24, 2.45) is 7.05 Å². The number of fused-ring (bicyclic) bond motifs is 1. The van der Waals surface area contributed by atoms with Crippen molar-refractivity contribution >= 4 is 16.6 Å². The highest BCUT2D eigenvalue weighted by Gasteiger charge is 2.22. The van der Waals surface area contributed by atoms with Crippen LogP contribution in [-0.4, -0.2) is 21.6 Å². The molecule has 150 valence electrons. The molecule has 6 nitrogen and oxygen atoms in total. The molecule has 6 heteroatoms. The molecule has 1 atom stereocenters. The number of pyridine rings is 1. The summed E-state index contributed by atoms with van der Waals surface area (Å²) in [5.74, 6) is 1.60. The van der Waals surface area contributed by atoms with Crippen LogP contribution in [-0.2, 0) is 13.5 Å². The van der Waals surface area contributed by atoms with E-state index >= 15 is 0 Å². The molecule has 0 amide bonds. The molecule has 0 fully saturated rings. The second-order valence-corrected chi connectivity index (χ2v) is 7.08. The van der Waals surface area contributed by atoms with Crippen molar-refractivity contribution in [1.82, 2.24) is 14.5 Å². The maximum Gasteiger partial charge on any atom is 0.135 e. The van der Waals surface area contributed by atoms with Crippen LogP contribution in [0.25, 0.3) is 10.9 Å². The number of aryl methyl sites for hydroxylation is 2. The monoisotopic (exact) mass is 397 g/mol. The third kappa shape index (κ3) is 3.46. The minimum atomic E-state index is -0.275. The Kier molecular flexibility index (Phi) is 5.36. The third-order valence-electron chi connectivity index (χ3n) is 5.31. The molecule has 2 aromatic heterocycles. The van der Waals surface area contributed by atoms with Crippen molar-refractivity contribution in [1.29, 1.82) is 5.26 Å². The van der Waals surface area contributed by atoms with Crippen molar-refractivity contribution in [3.05, 3.63) is 83.6 Å². The summed E-state index contributed by atoms with van der Waals surface area (Å²) in [6, 6.07) is 16.0. The van der Waals surface area contributed by atoms with Gasteiger partial charge in [0.15, 0.2) is 0 Å². The molecule has 0 spiro atoms. The minimum absolute atomic E-state index is 0.275. The summed E-state index contributed by atoms with van der Waals surface area (Å²) in [5, 5.41) is 14.3. The molecule has 0 aliphatic rings. The van der Waals surface area contributed by atoms with E-state index in [1.165, 1.54) is 0 Å². The van der Waals surface area contributed by atoms with E-state index in [2.05, 4.69) is 34.3 Å². The Bertz CT molecular complexity index is 1240. The fraction of sp³-hybridized carbons (Fsp3) is 0.208. The molecule has 2 heterocycles. The van der Waals surface area contributed by atoms with Crippen LogP contribution in [0, 0.1) is 11.3 Å². The summed E-state index contributed by atoms with van der Waals surface area (Å²) in [5.41, 5.74) is 4.30. The number of imidazole rings is 1. The first-order valence-electron chi connectivity index (χ1n) is 9.84. The van der Waals surface area contributed by atoms with Crippen LogP contribution in [0.15, 0.2) is 61.1 Å². The minimum Gasteiger partial charge on any atom is -0.497 e.